The minimum absolute atomic E-state index is 0.0190. The van der Waals surface area contributed by atoms with Crippen LogP contribution < -0.4 is 4.74 Å². The Kier molecular flexibility index (Phi) is 5.63. The maximum Gasteiger partial charge on any atom is 0.295 e. The number of carbonyl (C=O) groups excluding carboxylic acids is 2. The van der Waals surface area contributed by atoms with Gasteiger partial charge in [0.05, 0.1) is 24.0 Å². The molecule has 30 heavy (non-hydrogen) atoms. The maximum absolute atomic E-state index is 12.9. The fourth-order valence-electron chi connectivity index (χ4n) is 3.94. The van der Waals surface area contributed by atoms with E-state index in [9.17, 15) is 14.7 Å². The molecular weight excluding hydrogens is 386 g/mol. The number of hydrogen-bond acceptors (Lipinski definition) is 6. The van der Waals surface area contributed by atoms with Gasteiger partial charge in [-0.3, -0.25) is 9.59 Å². The Bertz CT molecular complexity index is 939. The molecule has 1 aromatic heterocycles. The number of hydrogen-bond donors (Lipinski definition) is 1. The van der Waals surface area contributed by atoms with Crippen molar-refractivity contribution in [2.24, 2.45) is 0 Å². The first kappa shape index (κ1) is 20.2. The number of rotatable bonds is 6. The Labute approximate surface area is 174 Å². The molecular formula is C23H25NO6. The second-order valence-corrected chi connectivity index (χ2v) is 7.79. The molecule has 2 fully saturated rings. The lowest BCUT2D eigenvalue weighted by Gasteiger charge is -2.25. The van der Waals surface area contributed by atoms with Crippen LogP contribution in [-0.4, -0.2) is 47.1 Å². The average Bonchev–Trinajstić information content (AvgIpc) is 3.46. The molecule has 1 amide bonds. The minimum Gasteiger partial charge on any atom is -0.507 e. The summed E-state index contributed by atoms with van der Waals surface area (Å²) in [5.74, 6) is -0.542. The number of nitrogens with zero attached hydrogens (tertiary/aromatic N) is 1. The summed E-state index contributed by atoms with van der Waals surface area (Å²) in [6, 6.07) is 9.37. The van der Waals surface area contributed by atoms with E-state index in [0.717, 1.165) is 12.8 Å². The van der Waals surface area contributed by atoms with Crippen LogP contribution in [0.4, 0.5) is 0 Å². The number of aliphatic hydroxyl groups excluding tert-OH is 1. The Morgan fingerprint density at radius 1 is 1.23 bits per heavy atom. The second-order valence-electron chi connectivity index (χ2n) is 7.79. The van der Waals surface area contributed by atoms with E-state index in [1.807, 2.05) is 13.8 Å². The summed E-state index contributed by atoms with van der Waals surface area (Å²) in [6.07, 6.45) is 3.12. The molecule has 7 nitrogen and oxygen atoms in total. The lowest BCUT2D eigenvalue weighted by Crippen LogP contribution is -2.36. The van der Waals surface area contributed by atoms with Crippen LogP contribution in [0, 0.1) is 0 Å². The summed E-state index contributed by atoms with van der Waals surface area (Å²) in [7, 11) is 0. The number of aliphatic hydroxyl groups is 1. The van der Waals surface area contributed by atoms with Gasteiger partial charge in [0.2, 0.25) is 0 Å². The molecule has 1 N–H and O–H groups in total. The monoisotopic (exact) mass is 411 g/mol. The SMILES string of the molecule is CC(C)Oc1ccc(/C(O)=C2/C(=O)C(=O)N(CC3CCCO3)C2c2ccco2)cc1. The first-order chi connectivity index (χ1) is 14.5. The standard InChI is InChI=1S/C23H25NO6/c1-14(2)30-16-9-7-15(8-10-16)21(25)19-20(18-6-4-12-29-18)24(23(27)22(19)26)13-17-5-3-11-28-17/h4,6-10,12,14,17,20,25H,3,5,11,13H2,1-2H3/b21-19-. The molecule has 0 radical (unpaired) electrons. The Balaban J connectivity index is 1.72. The molecule has 0 bridgehead atoms. The van der Waals surface area contributed by atoms with E-state index in [-0.39, 0.29) is 30.1 Å². The van der Waals surface area contributed by atoms with Gasteiger partial charge in [-0.15, -0.1) is 0 Å². The molecule has 158 valence electrons. The largest absolute Gasteiger partial charge is 0.507 e. The topological polar surface area (TPSA) is 89.2 Å². The van der Waals surface area contributed by atoms with Gasteiger partial charge in [-0.1, -0.05) is 0 Å². The van der Waals surface area contributed by atoms with Gasteiger partial charge >= 0.3 is 0 Å². The number of ether oxygens (including phenoxy) is 2. The predicted octanol–water partition coefficient (Wildman–Crippen LogP) is 3.67. The maximum atomic E-state index is 12.9. The molecule has 2 aliphatic heterocycles. The van der Waals surface area contributed by atoms with Crippen molar-refractivity contribution >= 4 is 17.4 Å². The lowest BCUT2D eigenvalue weighted by atomic mass is 9.99. The molecule has 2 aliphatic rings. The van der Waals surface area contributed by atoms with E-state index in [1.54, 1.807) is 36.4 Å². The quantitative estimate of drug-likeness (QED) is 0.443. The van der Waals surface area contributed by atoms with Crippen LogP contribution in [0.25, 0.3) is 5.76 Å². The highest BCUT2D eigenvalue weighted by Crippen LogP contribution is 2.40. The average molecular weight is 411 g/mol. The molecule has 4 rings (SSSR count). The zero-order valence-electron chi connectivity index (χ0n) is 17.0. The van der Waals surface area contributed by atoms with E-state index < -0.39 is 17.7 Å². The summed E-state index contributed by atoms with van der Waals surface area (Å²) < 4.78 is 16.8. The fourth-order valence-corrected chi connectivity index (χ4v) is 3.94. The molecule has 7 heteroatoms. The van der Waals surface area contributed by atoms with Gasteiger partial charge in [-0.05, 0) is 63.1 Å². The first-order valence-corrected chi connectivity index (χ1v) is 10.2. The van der Waals surface area contributed by atoms with Gasteiger partial charge in [0.1, 0.15) is 23.3 Å². The van der Waals surface area contributed by atoms with Crippen LogP contribution in [0.3, 0.4) is 0 Å². The van der Waals surface area contributed by atoms with Crippen LogP contribution in [0.1, 0.15) is 44.1 Å². The van der Waals surface area contributed by atoms with Crippen molar-refractivity contribution in [3.05, 3.63) is 59.6 Å². The third-order valence-corrected chi connectivity index (χ3v) is 5.28. The molecule has 2 atom stereocenters. The summed E-state index contributed by atoms with van der Waals surface area (Å²) >= 11 is 0. The van der Waals surface area contributed by atoms with Crippen molar-refractivity contribution in [1.29, 1.82) is 0 Å². The number of carbonyl (C=O) groups is 2. The van der Waals surface area contributed by atoms with Gasteiger partial charge in [-0.2, -0.15) is 0 Å². The first-order valence-electron chi connectivity index (χ1n) is 10.2. The molecule has 2 saturated heterocycles. The molecule has 2 aromatic rings. The molecule has 0 saturated carbocycles. The third kappa shape index (κ3) is 3.85. The van der Waals surface area contributed by atoms with Crippen LogP contribution in [0.5, 0.6) is 5.75 Å². The number of ketones is 1. The van der Waals surface area contributed by atoms with E-state index in [4.69, 9.17) is 13.9 Å². The van der Waals surface area contributed by atoms with Crippen molar-refractivity contribution in [3.63, 3.8) is 0 Å². The molecule has 3 heterocycles. The van der Waals surface area contributed by atoms with Gasteiger partial charge in [0.25, 0.3) is 11.7 Å². The third-order valence-electron chi connectivity index (χ3n) is 5.28. The number of amides is 1. The van der Waals surface area contributed by atoms with Crippen molar-refractivity contribution in [2.45, 2.75) is 44.9 Å². The van der Waals surface area contributed by atoms with Gasteiger partial charge in [0, 0.05) is 18.7 Å². The summed E-state index contributed by atoms with van der Waals surface area (Å²) in [6.45, 7) is 4.76. The number of likely N-dealkylation sites (tertiary alicyclic amines) is 1. The molecule has 1 aromatic carbocycles. The van der Waals surface area contributed by atoms with Crippen molar-refractivity contribution < 1.29 is 28.6 Å². The number of furan rings is 1. The van der Waals surface area contributed by atoms with Crippen LogP contribution >= 0.6 is 0 Å². The second kappa shape index (κ2) is 8.36. The van der Waals surface area contributed by atoms with Gasteiger partial charge in [0.15, 0.2) is 0 Å². The van der Waals surface area contributed by atoms with E-state index in [0.29, 0.717) is 23.7 Å². The van der Waals surface area contributed by atoms with Gasteiger partial charge in [-0.25, -0.2) is 0 Å². The van der Waals surface area contributed by atoms with Crippen LogP contribution in [0.2, 0.25) is 0 Å². The predicted molar refractivity (Wildman–Crippen MR) is 109 cm³/mol. The smallest absolute Gasteiger partial charge is 0.295 e. The Hall–Kier alpha value is -3.06. The lowest BCUT2D eigenvalue weighted by molar-refractivity contribution is -0.141. The van der Waals surface area contributed by atoms with Crippen molar-refractivity contribution in [3.8, 4) is 5.75 Å². The van der Waals surface area contributed by atoms with Crippen LogP contribution in [0.15, 0.2) is 52.7 Å². The van der Waals surface area contributed by atoms with Crippen molar-refractivity contribution in [1.82, 2.24) is 4.90 Å². The summed E-state index contributed by atoms with van der Waals surface area (Å²) in [5.41, 5.74) is 0.447. The Morgan fingerprint density at radius 3 is 2.60 bits per heavy atom. The molecule has 0 spiro atoms. The summed E-state index contributed by atoms with van der Waals surface area (Å²) in [5, 5.41) is 11.0. The fraction of sp³-hybridized carbons (Fsp3) is 0.391. The summed E-state index contributed by atoms with van der Waals surface area (Å²) in [4.78, 5) is 27.2. The van der Waals surface area contributed by atoms with E-state index in [1.165, 1.54) is 11.2 Å². The molecule has 2 unspecified atom stereocenters. The highest BCUT2D eigenvalue weighted by atomic mass is 16.5. The highest BCUT2D eigenvalue weighted by Gasteiger charge is 2.48. The van der Waals surface area contributed by atoms with Crippen LogP contribution in [-0.2, 0) is 14.3 Å². The minimum atomic E-state index is -0.796. The number of Topliss-reactive ketones (excluding diaryl/α,β-unsaturated/α-hetero) is 1. The zero-order valence-corrected chi connectivity index (χ0v) is 17.0. The number of benzene rings is 1. The van der Waals surface area contributed by atoms with E-state index in [2.05, 4.69) is 0 Å². The highest BCUT2D eigenvalue weighted by molar-refractivity contribution is 6.46. The van der Waals surface area contributed by atoms with Crippen molar-refractivity contribution in [2.75, 3.05) is 13.2 Å². The Morgan fingerprint density at radius 2 is 2.00 bits per heavy atom. The van der Waals surface area contributed by atoms with E-state index >= 15 is 0 Å². The van der Waals surface area contributed by atoms with Gasteiger partial charge < -0.3 is 23.9 Å². The zero-order chi connectivity index (χ0) is 21.3. The molecule has 0 aliphatic carbocycles. The normalized spacial score (nSPS) is 23.5.